The van der Waals surface area contributed by atoms with E-state index in [1.807, 2.05) is 68.4 Å². The Morgan fingerprint density at radius 1 is 1.14 bits per heavy atom. The van der Waals surface area contributed by atoms with E-state index in [-0.39, 0.29) is 36.7 Å². The normalized spacial score (nSPS) is 17.1. The van der Waals surface area contributed by atoms with Gasteiger partial charge in [0.15, 0.2) is 0 Å². The molecular formula is C23H27N3O3. The van der Waals surface area contributed by atoms with E-state index in [2.05, 4.69) is 5.32 Å². The van der Waals surface area contributed by atoms with Gasteiger partial charge < -0.3 is 15.1 Å². The van der Waals surface area contributed by atoms with E-state index < -0.39 is 5.92 Å². The summed E-state index contributed by atoms with van der Waals surface area (Å²) in [5, 5.41) is 2.79. The number of anilines is 1. The summed E-state index contributed by atoms with van der Waals surface area (Å²) in [7, 11) is 1.60. The molecule has 1 fully saturated rings. The van der Waals surface area contributed by atoms with E-state index in [0.29, 0.717) is 12.2 Å². The fourth-order valence-corrected chi connectivity index (χ4v) is 3.63. The zero-order valence-electron chi connectivity index (χ0n) is 17.1. The smallest absolute Gasteiger partial charge is 0.243 e. The molecule has 0 saturated carbocycles. The summed E-state index contributed by atoms with van der Waals surface area (Å²) < 4.78 is 0. The van der Waals surface area contributed by atoms with Crippen LogP contribution < -0.4 is 5.32 Å². The second-order valence-corrected chi connectivity index (χ2v) is 7.64. The Hall–Kier alpha value is -3.15. The Kier molecular flexibility index (Phi) is 6.32. The van der Waals surface area contributed by atoms with Gasteiger partial charge in [0.25, 0.3) is 0 Å². The van der Waals surface area contributed by atoms with Gasteiger partial charge in [0.05, 0.1) is 18.5 Å². The molecule has 6 nitrogen and oxygen atoms in total. The highest BCUT2D eigenvalue weighted by Gasteiger charge is 2.38. The fraction of sp³-hybridized carbons (Fsp3) is 0.348. The second-order valence-electron chi connectivity index (χ2n) is 7.64. The van der Waals surface area contributed by atoms with E-state index in [0.717, 1.165) is 11.1 Å². The van der Waals surface area contributed by atoms with Gasteiger partial charge in [-0.15, -0.1) is 0 Å². The van der Waals surface area contributed by atoms with Crippen molar-refractivity contribution < 1.29 is 14.4 Å². The summed E-state index contributed by atoms with van der Waals surface area (Å²) in [5.41, 5.74) is 2.84. The van der Waals surface area contributed by atoms with Gasteiger partial charge in [0.2, 0.25) is 17.7 Å². The molecule has 1 N–H and O–H groups in total. The van der Waals surface area contributed by atoms with Gasteiger partial charge in [-0.05, 0) is 31.5 Å². The fourth-order valence-electron chi connectivity index (χ4n) is 3.63. The molecule has 6 heteroatoms. The Bertz CT molecular complexity index is 880. The van der Waals surface area contributed by atoms with Crippen molar-refractivity contribution in [3.05, 3.63) is 65.7 Å². The van der Waals surface area contributed by atoms with Crippen LogP contribution in [0.4, 0.5) is 5.69 Å². The lowest BCUT2D eigenvalue weighted by molar-refractivity contribution is -0.137. The number of likely N-dealkylation sites (tertiary alicyclic amines) is 1. The number of nitrogens with one attached hydrogen (secondary N) is 1. The molecule has 1 saturated heterocycles. The zero-order valence-corrected chi connectivity index (χ0v) is 17.1. The van der Waals surface area contributed by atoms with Gasteiger partial charge >= 0.3 is 0 Å². The topological polar surface area (TPSA) is 69.7 Å². The average Bonchev–Trinajstić information content (AvgIpc) is 3.10. The number of nitrogens with zero attached hydrogens (tertiary/aromatic N) is 2. The molecular weight excluding hydrogens is 366 g/mol. The molecule has 1 heterocycles. The maximum Gasteiger partial charge on any atom is 0.243 e. The number of benzene rings is 2. The van der Waals surface area contributed by atoms with Gasteiger partial charge in [-0.1, -0.05) is 48.0 Å². The lowest BCUT2D eigenvalue weighted by Gasteiger charge is -2.26. The van der Waals surface area contributed by atoms with Crippen molar-refractivity contribution in [3.8, 4) is 0 Å². The van der Waals surface area contributed by atoms with Gasteiger partial charge in [-0.25, -0.2) is 0 Å². The first kappa shape index (κ1) is 20.6. The van der Waals surface area contributed by atoms with Crippen LogP contribution >= 0.6 is 0 Å². The quantitative estimate of drug-likeness (QED) is 0.820. The van der Waals surface area contributed by atoms with Gasteiger partial charge in [0, 0.05) is 25.7 Å². The van der Waals surface area contributed by atoms with Crippen LogP contribution in [0.15, 0.2) is 54.6 Å². The summed E-state index contributed by atoms with van der Waals surface area (Å²) in [5.74, 6) is -0.897. The zero-order chi connectivity index (χ0) is 21.0. The van der Waals surface area contributed by atoms with E-state index in [1.165, 1.54) is 4.90 Å². The summed E-state index contributed by atoms with van der Waals surface area (Å²) in [6, 6.07) is 17.2. The first-order valence-electron chi connectivity index (χ1n) is 9.81. The van der Waals surface area contributed by atoms with Gasteiger partial charge in [-0.3, -0.25) is 14.4 Å². The molecule has 0 unspecified atom stereocenters. The van der Waals surface area contributed by atoms with E-state index in [1.54, 1.807) is 11.9 Å². The Morgan fingerprint density at radius 2 is 1.79 bits per heavy atom. The number of carbonyl (C=O) groups is 3. The third-order valence-electron chi connectivity index (χ3n) is 5.35. The summed E-state index contributed by atoms with van der Waals surface area (Å²) in [6.07, 6.45) is 0.180. The summed E-state index contributed by atoms with van der Waals surface area (Å²) in [6.45, 7) is 4.27. The summed E-state index contributed by atoms with van der Waals surface area (Å²) in [4.78, 5) is 40.7. The third-order valence-corrected chi connectivity index (χ3v) is 5.35. The predicted octanol–water partition coefficient (Wildman–Crippen LogP) is 3.00. The number of carbonyl (C=O) groups excluding carboxylic acids is 3. The highest BCUT2D eigenvalue weighted by atomic mass is 16.2. The van der Waals surface area contributed by atoms with Crippen molar-refractivity contribution in [2.24, 2.45) is 5.92 Å². The molecule has 1 aliphatic rings. The molecule has 1 aliphatic heterocycles. The lowest BCUT2D eigenvalue weighted by Crippen LogP contribution is -2.39. The van der Waals surface area contributed by atoms with Gasteiger partial charge in [0.1, 0.15) is 0 Å². The maximum atomic E-state index is 12.8. The number of rotatable bonds is 6. The van der Waals surface area contributed by atoms with Gasteiger partial charge in [-0.2, -0.15) is 0 Å². The molecule has 3 rings (SSSR count). The van der Waals surface area contributed by atoms with Crippen LogP contribution in [0.1, 0.15) is 30.5 Å². The highest BCUT2D eigenvalue weighted by molar-refractivity contribution is 5.96. The van der Waals surface area contributed by atoms with E-state index in [4.69, 9.17) is 0 Å². The molecule has 0 aromatic heterocycles. The van der Waals surface area contributed by atoms with Crippen molar-refractivity contribution in [3.63, 3.8) is 0 Å². The molecule has 2 aromatic carbocycles. The number of hydrogen-bond acceptors (Lipinski definition) is 3. The monoisotopic (exact) mass is 393 g/mol. The van der Waals surface area contributed by atoms with Crippen LogP contribution in [0.3, 0.4) is 0 Å². The standard InChI is InChI=1S/C23H27N3O3/c1-16-9-11-20(12-10-16)24-21(27)15-25(3)23(29)19-13-22(28)26(14-19)17(2)18-7-5-4-6-8-18/h4-12,17,19H,13-15H2,1-3H3,(H,24,27)/t17-,19-/m0/s1. The number of hydrogen-bond donors (Lipinski definition) is 1. The Balaban J connectivity index is 1.56. The van der Waals surface area contributed by atoms with Crippen molar-refractivity contribution in [2.75, 3.05) is 25.5 Å². The van der Waals surface area contributed by atoms with Crippen LogP contribution in [-0.2, 0) is 14.4 Å². The number of likely N-dealkylation sites (N-methyl/N-ethyl adjacent to an activating group) is 1. The van der Waals surface area contributed by atoms with Crippen LogP contribution in [0.25, 0.3) is 0 Å². The number of aryl methyl sites for hydroxylation is 1. The molecule has 2 atom stereocenters. The predicted molar refractivity (Wildman–Crippen MR) is 112 cm³/mol. The first-order chi connectivity index (χ1) is 13.8. The Morgan fingerprint density at radius 3 is 2.45 bits per heavy atom. The van der Waals surface area contributed by atoms with E-state index in [9.17, 15) is 14.4 Å². The molecule has 0 radical (unpaired) electrons. The third kappa shape index (κ3) is 5.02. The van der Waals surface area contributed by atoms with Crippen molar-refractivity contribution >= 4 is 23.4 Å². The molecule has 152 valence electrons. The second kappa shape index (κ2) is 8.90. The minimum atomic E-state index is -0.425. The minimum Gasteiger partial charge on any atom is -0.336 e. The van der Waals surface area contributed by atoms with Crippen LogP contribution in [0.5, 0.6) is 0 Å². The maximum absolute atomic E-state index is 12.8. The first-order valence-corrected chi connectivity index (χ1v) is 9.81. The summed E-state index contributed by atoms with van der Waals surface area (Å²) >= 11 is 0. The van der Waals surface area contributed by atoms with Crippen molar-refractivity contribution in [1.29, 1.82) is 0 Å². The molecule has 29 heavy (non-hydrogen) atoms. The van der Waals surface area contributed by atoms with Crippen LogP contribution in [-0.4, -0.2) is 47.7 Å². The largest absolute Gasteiger partial charge is 0.336 e. The number of amides is 3. The van der Waals surface area contributed by atoms with Crippen molar-refractivity contribution in [2.45, 2.75) is 26.3 Å². The van der Waals surface area contributed by atoms with Crippen LogP contribution in [0, 0.1) is 12.8 Å². The van der Waals surface area contributed by atoms with Crippen molar-refractivity contribution in [1.82, 2.24) is 9.80 Å². The van der Waals surface area contributed by atoms with E-state index >= 15 is 0 Å². The SMILES string of the molecule is Cc1ccc(NC(=O)CN(C)C(=O)[C@H]2CC(=O)N([C@@H](C)c3ccccc3)C2)cc1. The molecule has 2 aromatic rings. The van der Waals surface area contributed by atoms with Crippen LogP contribution in [0.2, 0.25) is 0 Å². The molecule has 0 spiro atoms. The highest BCUT2D eigenvalue weighted by Crippen LogP contribution is 2.29. The molecule has 0 bridgehead atoms. The minimum absolute atomic E-state index is 0.0304. The molecule has 3 amide bonds. The Labute approximate surface area is 171 Å². The molecule has 0 aliphatic carbocycles. The lowest BCUT2D eigenvalue weighted by atomic mass is 10.1. The average molecular weight is 393 g/mol.